The number of methoxy groups -OCH3 is 2. The van der Waals surface area contributed by atoms with Gasteiger partial charge in [0.25, 0.3) is 11.6 Å². The number of benzene rings is 2. The first-order valence-corrected chi connectivity index (χ1v) is 9.12. The monoisotopic (exact) mass is 419 g/mol. The van der Waals surface area contributed by atoms with Gasteiger partial charge in [0.1, 0.15) is 16.5 Å². The van der Waals surface area contributed by atoms with Crippen LogP contribution >= 0.6 is 22.9 Å². The summed E-state index contributed by atoms with van der Waals surface area (Å²) in [6.45, 7) is 0. The van der Waals surface area contributed by atoms with Crippen molar-refractivity contribution in [3.8, 4) is 22.8 Å². The molecular formula is C18H14ClN3O5S. The van der Waals surface area contributed by atoms with E-state index >= 15 is 0 Å². The first-order chi connectivity index (χ1) is 13.4. The van der Waals surface area contributed by atoms with E-state index in [1.165, 1.54) is 23.5 Å². The van der Waals surface area contributed by atoms with Crippen LogP contribution in [0.1, 0.15) is 10.4 Å². The predicted octanol–water partition coefficient (Wildman–Crippen LogP) is 4.64. The van der Waals surface area contributed by atoms with Gasteiger partial charge in [0.05, 0.1) is 24.8 Å². The number of carbonyl (C=O) groups is 1. The number of hydrogen-bond donors (Lipinski definition) is 1. The fourth-order valence-corrected chi connectivity index (χ4v) is 3.32. The molecule has 0 aliphatic rings. The molecule has 10 heteroatoms. The van der Waals surface area contributed by atoms with E-state index in [1.807, 2.05) is 0 Å². The van der Waals surface area contributed by atoms with Gasteiger partial charge in [-0.2, -0.15) is 0 Å². The lowest BCUT2D eigenvalue weighted by atomic mass is 10.1. The summed E-state index contributed by atoms with van der Waals surface area (Å²) in [6.07, 6.45) is 0. The number of halogens is 1. The van der Waals surface area contributed by atoms with Crippen LogP contribution in [0, 0.1) is 10.1 Å². The van der Waals surface area contributed by atoms with E-state index in [0.717, 1.165) is 11.6 Å². The molecule has 0 fully saturated rings. The molecule has 1 aromatic heterocycles. The van der Waals surface area contributed by atoms with E-state index in [0.29, 0.717) is 22.3 Å². The Hall–Kier alpha value is -3.17. The Morgan fingerprint density at radius 3 is 2.68 bits per heavy atom. The van der Waals surface area contributed by atoms with Gasteiger partial charge in [-0.15, -0.1) is 11.3 Å². The molecular weight excluding hydrogens is 406 g/mol. The molecule has 144 valence electrons. The molecule has 0 radical (unpaired) electrons. The molecule has 0 aliphatic heterocycles. The van der Waals surface area contributed by atoms with Gasteiger partial charge in [-0.3, -0.25) is 20.2 Å². The molecule has 0 saturated carbocycles. The van der Waals surface area contributed by atoms with Crippen molar-refractivity contribution in [2.24, 2.45) is 0 Å². The largest absolute Gasteiger partial charge is 0.497 e. The number of aromatic nitrogens is 1. The molecule has 2 aromatic carbocycles. The van der Waals surface area contributed by atoms with Gasteiger partial charge >= 0.3 is 0 Å². The van der Waals surface area contributed by atoms with Crippen molar-refractivity contribution in [1.82, 2.24) is 4.98 Å². The van der Waals surface area contributed by atoms with Crippen LogP contribution in [0.15, 0.2) is 41.8 Å². The molecule has 28 heavy (non-hydrogen) atoms. The second-order valence-corrected chi connectivity index (χ2v) is 6.75. The van der Waals surface area contributed by atoms with E-state index in [-0.39, 0.29) is 16.3 Å². The Morgan fingerprint density at radius 1 is 1.21 bits per heavy atom. The van der Waals surface area contributed by atoms with E-state index < -0.39 is 10.8 Å². The SMILES string of the molecule is COc1ccc(-c2csc(NC(=O)c3ccc(Cl)c([N+](=O)[O-])c3)n2)c(OC)c1. The number of nitrogens with one attached hydrogen (secondary N) is 1. The van der Waals surface area contributed by atoms with Gasteiger partial charge in [0.2, 0.25) is 0 Å². The lowest BCUT2D eigenvalue weighted by molar-refractivity contribution is -0.384. The Morgan fingerprint density at radius 2 is 2.00 bits per heavy atom. The minimum atomic E-state index is -0.642. The van der Waals surface area contributed by atoms with Crippen LogP contribution < -0.4 is 14.8 Å². The van der Waals surface area contributed by atoms with Crippen molar-refractivity contribution < 1.29 is 19.2 Å². The molecule has 1 N–H and O–H groups in total. The number of thiazole rings is 1. The number of nitro groups is 1. The molecule has 8 nitrogen and oxygen atoms in total. The van der Waals surface area contributed by atoms with E-state index in [1.54, 1.807) is 37.8 Å². The van der Waals surface area contributed by atoms with Crippen LogP contribution in [-0.2, 0) is 0 Å². The maximum Gasteiger partial charge on any atom is 0.288 e. The highest BCUT2D eigenvalue weighted by molar-refractivity contribution is 7.14. The number of nitrogens with zero attached hydrogens (tertiary/aromatic N) is 2. The summed E-state index contributed by atoms with van der Waals surface area (Å²) in [6, 6.07) is 9.16. The van der Waals surface area contributed by atoms with Crippen molar-refractivity contribution in [2.75, 3.05) is 19.5 Å². The third kappa shape index (κ3) is 4.05. The third-order valence-corrected chi connectivity index (χ3v) is 4.89. The Kier molecular flexibility index (Phi) is 5.76. The first-order valence-electron chi connectivity index (χ1n) is 7.86. The summed E-state index contributed by atoms with van der Waals surface area (Å²) >= 11 is 6.99. The molecule has 3 aromatic rings. The Bertz CT molecular complexity index is 1050. The summed E-state index contributed by atoms with van der Waals surface area (Å²) in [7, 11) is 3.10. The number of hydrogen-bond acceptors (Lipinski definition) is 7. The van der Waals surface area contributed by atoms with Crippen molar-refractivity contribution in [3.63, 3.8) is 0 Å². The standard InChI is InChI=1S/C18H14ClN3O5S/c1-26-11-4-5-12(16(8-11)27-2)14-9-28-18(20-14)21-17(23)10-3-6-13(19)15(7-10)22(24)25/h3-9H,1-2H3,(H,20,21,23). The van der Waals surface area contributed by atoms with Crippen molar-refractivity contribution in [3.05, 3.63) is 62.5 Å². The Labute approximate surface area is 168 Å². The lowest BCUT2D eigenvalue weighted by Crippen LogP contribution is -2.12. The smallest absolute Gasteiger partial charge is 0.288 e. The zero-order chi connectivity index (χ0) is 20.3. The van der Waals surface area contributed by atoms with Crippen molar-refractivity contribution in [1.29, 1.82) is 0 Å². The van der Waals surface area contributed by atoms with Gasteiger partial charge in [-0.25, -0.2) is 4.98 Å². The minimum absolute atomic E-state index is 0.0373. The van der Waals surface area contributed by atoms with Gasteiger partial charge in [-0.05, 0) is 24.3 Å². The number of amides is 1. The molecule has 0 unspecified atom stereocenters. The van der Waals surface area contributed by atoms with Crippen LogP contribution in [0.5, 0.6) is 11.5 Å². The van der Waals surface area contributed by atoms with Gasteiger partial charge in [-0.1, -0.05) is 11.6 Å². The van der Waals surface area contributed by atoms with Crippen LogP contribution in [0.25, 0.3) is 11.3 Å². The minimum Gasteiger partial charge on any atom is -0.497 e. The van der Waals surface area contributed by atoms with Crippen LogP contribution in [0.2, 0.25) is 5.02 Å². The fourth-order valence-electron chi connectivity index (χ4n) is 2.43. The highest BCUT2D eigenvalue weighted by Gasteiger charge is 2.18. The first kappa shape index (κ1) is 19.6. The predicted molar refractivity (Wildman–Crippen MR) is 107 cm³/mol. The fraction of sp³-hybridized carbons (Fsp3) is 0.111. The van der Waals surface area contributed by atoms with Crippen molar-refractivity contribution >= 4 is 39.7 Å². The van der Waals surface area contributed by atoms with E-state index in [2.05, 4.69) is 10.3 Å². The van der Waals surface area contributed by atoms with Crippen LogP contribution in [0.3, 0.4) is 0 Å². The highest BCUT2D eigenvalue weighted by Crippen LogP contribution is 2.35. The number of nitro benzene ring substituents is 1. The van der Waals surface area contributed by atoms with E-state index in [4.69, 9.17) is 21.1 Å². The number of anilines is 1. The number of rotatable bonds is 6. The molecule has 1 amide bonds. The summed E-state index contributed by atoms with van der Waals surface area (Å²) in [5, 5.41) is 15.7. The maximum atomic E-state index is 12.4. The third-order valence-electron chi connectivity index (χ3n) is 3.81. The summed E-state index contributed by atoms with van der Waals surface area (Å²) in [4.78, 5) is 27.1. The molecule has 0 bridgehead atoms. The van der Waals surface area contributed by atoms with Crippen molar-refractivity contribution in [2.45, 2.75) is 0 Å². The summed E-state index contributed by atoms with van der Waals surface area (Å²) in [5.74, 6) is 0.701. The highest BCUT2D eigenvalue weighted by atomic mass is 35.5. The van der Waals surface area contributed by atoms with Crippen LogP contribution in [0.4, 0.5) is 10.8 Å². The molecule has 0 spiro atoms. The number of ether oxygens (including phenoxy) is 2. The average Bonchev–Trinajstić information content (AvgIpc) is 3.15. The molecule has 0 aliphatic carbocycles. The molecule has 3 rings (SSSR count). The van der Waals surface area contributed by atoms with Gasteiger partial charge < -0.3 is 9.47 Å². The quantitative estimate of drug-likeness (QED) is 0.461. The topological polar surface area (TPSA) is 104 Å². The summed E-state index contributed by atoms with van der Waals surface area (Å²) in [5.41, 5.74) is 1.12. The molecule has 0 atom stereocenters. The maximum absolute atomic E-state index is 12.4. The van der Waals surface area contributed by atoms with E-state index in [9.17, 15) is 14.9 Å². The van der Waals surface area contributed by atoms with Crippen LogP contribution in [-0.4, -0.2) is 30.0 Å². The second kappa shape index (κ2) is 8.24. The Balaban J connectivity index is 1.83. The zero-order valence-electron chi connectivity index (χ0n) is 14.8. The number of carbonyl (C=O) groups excluding carboxylic acids is 1. The second-order valence-electron chi connectivity index (χ2n) is 5.48. The van der Waals surface area contributed by atoms with Gasteiger partial charge in [0, 0.05) is 28.6 Å². The zero-order valence-corrected chi connectivity index (χ0v) is 16.3. The summed E-state index contributed by atoms with van der Waals surface area (Å²) < 4.78 is 10.5. The normalized spacial score (nSPS) is 10.4. The van der Waals surface area contributed by atoms with Gasteiger partial charge in [0.15, 0.2) is 5.13 Å². The molecule has 0 saturated heterocycles. The lowest BCUT2D eigenvalue weighted by Gasteiger charge is -2.08. The molecule has 1 heterocycles. The average molecular weight is 420 g/mol.